The minimum Gasteiger partial charge on any atom is -0.457 e. The number of benzene rings is 2. The molecule has 8 nitrogen and oxygen atoms in total. The molecule has 0 unspecified atom stereocenters. The Morgan fingerprint density at radius 2 is 1.84 bits per heavy atom. The van der Waals surface area contributed by atoms with Crippen LogP contribution in [0.3, 0.4) is 0 Å². The highest BCUT2D eigenvalue weighted by Gasteiger charge is 2.13. The summed E-state index contributed by atoms with van der Waals surface area (Å²) in [4.78, 5) is 25.1. The Bertz CT molecular complexity index is 1350. The van der Waals surface area contributed by atoms with Gasteiger partial charge in [0.05, 0.1) is 10.2 Å². The number of aryl methyl sites for hydroxylation is 1. The van der Waals surface area contributed by atoms with Gasteiger partial charge in [0.25, 0.3) is 0 Å². The highest BCUT2D eigenvalue weighted by Crippen LogP contribution is 2.31. The van der Waals surface area contributed by atoms with Crippen LogP contribution in [0.2, 0.25) is 0 Å². The van der Waals surface area contributed by atoms with Crippen molar-refractivity contribution < 1.29 is 14.1 Å². The van der Waals surface area contributed by atoms with Crippen molar-refractivity contribution in [3.8, 4) is 22.9 Å². The number of carbonyl (C=O) groups is 1. The summed E-state index contributed by atoms with van der Waals surface area (Å²) in [6, 6.07) is 18.8. The first kappa shape index (κ1) is 19.8. The lowest BCUT2D eigenvalue weighted by molar-refractivity contribution is -0.116. The van der Waals surface area contributed by atoms with E-state index in [0.29, 0.717) is 29.0 Å². The Kier molecular flexibility index (Phi) is 5.54. The third-order valence-electron chi connectivity index (χ3n) is 4.56. The minimum atomic E-state index is -0.173. The van der Waals surface area contributed by atoms with Crippen molar-refractivity contribution in [3.05, 3.63) is 78.9 Å². The summed E-state index contributed by atoms with van der Waals surface area (Å²) >= 11 is 1.39. The molecule has 1 amide bonds. The van der Waals surface area contributed by atoms with Gasteiger partial charge in [0.15, 0.2) is 5.13 Å². The van der Waals surface area contributed by atoms with Gasteiger partial charge in [-0.15, -0.1) is 0 Å². The molecule has 0 spiro atoms. The van der Waals surface area contributed by atoms with Crippen LogP contribution in [0.15, 0.2) is 77.6 Å². The van der Waals surface area contributed by atoms with Crippen LogP contribution < -0.4 is 10.1 Å². The number of thiazole rings is 1. The van der Waals surface area contributed by atoms with Gasteiger partial charge in [0.2, 0.25) is 17.6 Å². The fourth-order valence-corrected chi connectivity index (χ4v) is 3.93. The number of hydrogen-bond acceptors (Lipinski definition) is 8. The van der Waals surface area contributed by atoms with Crippen LogP contribution in [0.1, 0.15) is 12.3 Å². The Morgan fingerprint density at radius 1 is 1.00 bits per heavy atom. The van der Waals surface area contributed by atoms with Crippen LogP contribution in [-0.4, -0.2) is 26.0 Å². The van der Waals surface area contributed by atoms with Crippen molar-refractivity contribution in [2.24, 2.45) is 0 Å². The molecule has 0 saturated carbocycles. The van der Waals surface area contributed by atoms with E-state index in [4.69, 9.17) is 9.26 Å². The third kappa shape index (κ3) is 4.62. The topological polar surface area (TPSA) is 103 Å². The van der Waals surface area contributed by atoms with Gasteiger partial charge in [0.1, 0.15) is 11.5 Å². The van der Waals surface area contributed by atoms with Crippen molar-refractivity contribution in [1.29, 1.82) is 0 Å². The highest BCUT2D eigenvalue weighted by atomic mass is 32.1. The summed E-state index contributed by atoms with van der Waals surface area (Å²) in [5.41, 5.74) is 1.61. The van der Waals surface area contributed by atoms with E-state index in [9.17, 15) is 4.79 Å². The van der Waals surface area contributed by atoms with E-state index in [0.717, 1.165) is 21.5 Å². The molecule has 0 aliphatic heterocycles. The zero-order valence-electron chi connectivity index (χ0n) is 16.8. The maximum atomic E-state index is 12.4. The number of hydrogen-bond donors (Lipinski definition) is 1. The van der Waals surface area contributed by atoms with Crippen LogP contribution in [0.4, 0.5) is 5.13 Å². The number of para-hydroxylation sites is 1. The second kappa shape index (κ2) is 8.94. The van der Waals surface area contributed by atoms with E-state index in [1.807, 2.05) is 48.5 Å². The second-order valence-corrected chi connectivity index (χ2v) is 7.89. The SMILES string of the molecule is O=C(CCc1nc(-c2ccncc2)no1)Nc1nc2ccc(Oc3ccccc3)cc2s1. The third-order valence-corrected chi connectivity index (χ3v) is 5.49. The number of anilines is 1. The van der Waals surface area contributed by atoms with Gasteiger partial charge in [-0.1, -0.05) is 34.7 Å². The number of carbonyl (C=O) groups excluding carboxylic acids is 1. The average molecular weight is 443 g/mol. The number of aromatic nitrogens is 4. The second-order valence-electron chi connectivity index (χ2n) is 6.86. The molecule has 5 rings (SSSR count). The predicted octanol–water partition coefficient (Wildman–Crippen LogP) is 5.10. The van der Waals surface area contributed by atoms with Crippen LogP contribution in [0.5, 0.6) is 11.5 Å². The lowest BCUT2D eigenvalue weighted by atomic mass is 10.2. The van der Waals surface area contributed by atoms with Gasteiger partial charge < -0.3 is 14.6 Å². The fourth-order valence-electron chi connectivity index (χ4n) is 3.02. The van der Waals surface area contributed by atoms with Crippen molar-refractivity contribution in [2.45, 2.75) is 12.8 Å². The fraction of sp³-hybridized carbons (Fsp3) is 0.0870. The summed E-state index contributed by atoms with van der Waals surface area (Å²) < 4.78 is 12.0. The summed E-state index contributed by atoms with van der Waals surface area (Å²) in [6.07, 6.45) is 3.86. The smallest absolute Gasteiger partial charge is 0.227 e. The van der Waals surface area contributed by atoms with Gasteiger partial charge in [-0.25, -0.2) is 4.98 Å². The monoisotopic (exact) mass is 443 g/mol. The Labute approximate surface area is 186 Å². The van der Waals surface area contributed by atoms with E-state index >= 15 is 0 Å². The molecule has 0 saturated heterocycles. The summed E-state index contributed by atoms with van der Waals surface area (Å²) in [7, 11) is 0. The normalized spacial score (nSPS) is 10.9. The molecular formula is C23H17N5O3S. The number of rotatable bonds is 7. The first-order chi connectivity index (χ1) is 15.7. The molecule has 0 bridgehead atoms. The standard InChI is InChI=1S/C23H17N5O3S/c29-20(8-9-21-27-22(28-31-21)15-10-12-24-13-11-15)26-23-25-18-7-6-17(14-19(18)32-23)30-16-4-2-1-3-5-16/h1-7,10-14H,8-9H2,(H,25,26,29). The van der Waals surface area contributed by atoms with Gasteiger partial charge >= 0.3 is 0 Å². The molecular weight excluding hydrogens is 426 g/mol. The molecule has 0 atom stereocenters. The molecule has 0 radical (unpaired) electrons. The van der Waals surface area contributed by atoms with Gasteiger partial charge in [0, 0.05) is 36.9 Å². The Balaban J connectivity index is 1.20. The number of ether oxygens (including phenoxy) is 1. The Morgan fingerprint density at radius 3 is 2.69 bits per heavy atom. The summed E-state index contributed by atoms with van der Waals surface area (Å²) in [5, 5.41) is 7.32. The molecule has 5 aromatic rings. The summed E-state index contributed by atoms with van der Waals surface area (Å²) in [5.74, 6) is 2.18. The lowest BCUT2D eigenvalue weighted by Gasteiger charge is -2.04. The molecule has 2 aromatic carbocycles. The maximum Gasteiger partial charge on any atom is 0.227 e. The van der Waals surface area contributed by atoms with E-state index in [-0.39, 0.29) is 12.3 Å². The zero-order valence-corrected chi connectivity index (χ0v) is 17.6. The lowest BCUT2D eigenvalue weighted by Crippen LogP contribution is -2.12. The van der Waals surface area contributed by atoms with Crippen LogP contribution in [-0.2, 0) is 11.2 Å². The number of amides is 1. The molecule has 9 heteroatoms. The van der Waals surface area contributed by atoms with Gasteiger partial charge in [-0.3, -0.25) is 9.78 Å². The molecule has 3 heterocycles. The molecule has 32 heavy (non-hydrogen) atoms. The molecule has 1 N–H and O–H groups in total. The molecule has 0 aliphatic carbocycles. The van der Waals surface area contributed by atoms with E-state index in [1.165, 1.54) is 11.3 Å². The molecule has 3 aromatic heterocycles. The van der Waals surface area contributed by atoms with Crippen molar-refractivity contribution in [2.75, 3.05) is 5.32 Å². The first-order valence-corrected chi connectivity index (χ1v) is 10.7. The molecule has 158 valence electrons. The van der Waals surface area contributed by atoms with E-state index < -0.39 is 0 Å². The number of nitrogens with one attached hydrogen (secondary N) is 1. The van der Waals surface area contributed by atoms with Crippen LogP contribution >= 0.6 is 11.3 Å². The van der Waals surface area contributed by atoms with Crippen LogP contribution in [0.25, 0.3) is 21.6 Å². The van der Waals surface area contributed by atoms with E-state index in [2.05, 4.69) is 25.4 Å². The maximum absolute atomic E-state index is 12.4. The van der Waals surface area contributed by atoms with Crippen molar-refractivity contribution in [3.63, 3.8) is 0 Å². The molecule has 0 fully saturated rings. The van der Waals surface area contributed by atoms with Crippen molar-refractivity contribution >= 4 is 32.6 Å². The van der Waals surface area contributed by atoms with E-state index in [1.54, 1.807) is 24.5 Å². The Hall–Kier alpha value is -4.11. The zero-order chi connectivity index (χ0) is 21.8. The highest BCUT2D eigenvalue weighted by molar-refractivity contribution is 7.22. The number of pyridine rings is 1. The minimum absolute atomic E-state index is 0.173. The summed E-state index contributed by atoms with van der Waals surface area (Å²) in [6.45, 7) is 0. The van der Waals surface area contributed by atoms with Crippen LogP contribution in [0, 0.1) is 0 Å². The largest absolute Gasteiger partial charge is 0.457 e. The van der Waals surface area contributed by atoms with Gasteiger partial charge in [-0.2, -0.15) is 4.98 Å². The van der Waals surface area contributed by atoms with Crippen molar-refractivity contribution in [1.82, 2.24) is 20.1 Å². The quantitative estimate of drug-likeness (QED) is 0.373. The predicted molar refractivity (Wildman–Crippen MR) is 121 cm³/mol. The van der Waals surface area contributed by atoms with Gasteiger partial charge in [-0.05, 0) is 36.4 Å². The number of nitrogens with zero attached hydrogens (tertiary/aromatic N) is 4. The average Bonchev–Trinajstić information content (AvgIpc) is 3.45. The molecule has 0 aliphatic rings. The first-order valence-electron chi connectivity index (χ1n) is 9.89. The number of fused-ring (bicyclic) bond motifs is 1.